The molecule has 5 nitrogen and oxygen atoms in total. The summed E-state index contributed by atoms with van der Waals surface area (Å²) in [5.74, 6) is 0.409. The van der Waals surface area contributed by atoms with Gasteiger partial charge in [0.25, 0.3) is 0 Å². The second-order valence-corrected chi connectivity index (χ2v) is 5.90. The number of amides is 1. The van der Waals surface area contributed by atoms with Crippen LogP contribution < -0.4 is 0 Å². The van der Waals surface area contributed by atoms with E-state index in [0.717, 1.165) is 11.3 Å². The smallest absolute Gasteiger partial charge is 0.233 e. The molecule has 0 atom stereocenters. The van der Waals surface area contributed by atoms with Crippen LogP contribution in [-0.2, 0) is 4.79 Å². The average Bonchev–Trinajstić information content (AvgIpc) is 3.00. The summed E-state index contributed by atoms with van der Waals surface area (Å²) < 4.78 is 1.71. The van der Waals surface area contributed by atoms with Gasteiger partial charge in [0.2, 0.25) is 11.1 Å². The molecule has 0 fully saturated rings. The molecular weight excluding hydrogens is 296 g/mol. The van der Waals surface area contributed by atoms with Crippen LogP contribution in [0.15, 0.2) is 54.0 Å². The Balaban J connectivity index is 1.93. The van der Waals surface area contributed by atoms with E-state index in [-0.39, 0.29) is 5.91 Å². The third-order valence-electron chi connectivity index (χ3n) is 3.01. The fraction of sp³-hybridized carbons (Fsp3) is 0.312. The maximum atomic E-state index is 12.2. The van der Waals surface area contributed by atoms with Crippen molar-refractivity contribution in [3.63, 3.8) is 0 Å². The fourth-order valence-corrected chi connectivity index (χ4v) is 2.64. The van der Waals surface area contributed by atoms with Crippen molar-refractivity contribution in [3.8, 4) is 5.69 Å². The first-order chi connectivity index (χ1) is 10.6. The van der Waals surface area contributed by atoms with Crippen molar-refractivity contribution < 1.29 is 4.79 Å². The van der Waals surface area contributed by atoms with E-state index in [4.69, 9.17) is 0 Å². The highest BCUT2D eigenvalue weighted by atomic mass is 32.2. The lowest BCUT2D eigenvalue weighted by Gasteiger charge is -2.20. The molecular formula is C16H20N4OS. The SMILES string of the molecule is C=C(C)CN(CC)C(=O)CSc1ncn(-c2ccccc2)n1. The third-order valence-corrected chi connectivity index (χ3v) is 3.85. The standard InChI is InChI=1S/C16H20N4OS/c1-4-19(10-13(2)3)15(21)11-22-16-17-12-20(18-16)14-8-6-5-7-9-14/h5-9,12H,2,4,10-11H2,1,3H3. The molecule has 2 rings (SSSR count). The molecule has 1 heterocycles. The lowest BCUT2D eigenvalue weighted by molar-refractivity contribution is -0.127. The molecule has 1 aromatic carbocycles. The lowest BCUT2D eigenvalue weighted by atomic mass is 10.3. The molecule has 1 amide bonds. The van der Waals surface area contributed by atoms with Gasteiger partial charge < -0.3 is 4.90 Å². The summed E-state index contributed by atoms with van der Waals surface area (Å²) in [6.45, 7) is 9.02. The van der Waals surface area contributed by atoms with E-state index in [1.807, 2.05) is 44.2 Å². The summed E-state index contributed by atoms with van der Waals surface area (Å²) in [6.07, 6.45) is 1.66. The average molecular weight is 316 g/mol. The molecule has 0 unspecified atom stereocenters. The predicted octanol–water partition coefficient (Wildman–Crippen LogP) is 2.78. The molecule has 2 aromatic rings. The number of nitrogens with zero attached hydrogens (tertiary/aromatic N) is 4. The van der Waals surface area contributed by atoms with Crippen LogP contribution >= 0.6 is 11.8 Å². The summed E-state index contributed by atoms with van der Waals surface area (Å²) in [6, 6.07) is 9.77. The number of likely N-dealkylation sites (N-methyl/N-ethyl adjacent to an activating group) is 1. The Morgan fingerprint density at radius 1 is 1.36 bits per heavy atom. The molecule has 0 saturated carbocycles. The van der Waals surface area contributed by atoms with E-state index >= 15 is 0 Å². The monoisotopic (exact) mass is 316 g/mol. The van der Waals surface area contributed by atoms with Crippen LogP contribution in [0.3, 0.4) is 0 Å². The zero-order valence-corrected chi connectivity index (χ0v) is 13.7. The summed E-state index contributed by atoms with van der Waals surface area (Å²) in [5, 5.41) is 4.98. The third kappa shape index (κ3) is 4.46. The van der Waals surface area contributed by atoms with Crippen molar-refractivity contribution >= 4 is 17.7 Å². The fourth-order valence-electron chi connectivity index (χ4n) is 1.94. The summed E-state index contributed by atoms with van der Waals surface area (Å²) >= 11 is 1.35. The van der Waals surface area contributed by atoms with Crippen LogP contribution in [-0.4, -0.2) is 44.4 Å². The van der Waals surface area contributed by atoms with Gasteiger partial charge in [-0.25, -0.2) is 9.67 Å². The Hall–Kier alpha value is -2.08. The van der Waals surface area contributed by atoms with Crippen molar-refractivity contribution in [1.29, 1.82) is 0 Å². The lowest BCUT2D eigenvalue weighted by Crippen LogP contribution is -2.33. The van der Waals surface area contributed by atoms with E-state index in [1.165, 1.54) is 11.8 Å². The first-order valence-electron chi connectivity index (χ1n) is 7.12. The minimum Gasteiger partial charge on any atom is -0.338 e. The van der Waals surface area contributed by atoms with Crippen molar-refractivity contribution in [2.75, 3.05) is 18.8 Å². The number of carbonyl (C=O) groups is 1. The van der Waals surface area contributed by atoms with Crippen LogP contribution in [0, 0.1) is 0 Å². The number of rotatable bonds is 7. The van der Waals surface area contributed by atoms with Crippen molar-refractivity contribution in [3.05, 3.63) is 48.8 Å². The van der Waals surface area contributed by atoms with E-state index in [0.29, 0.717) is 24.0 Å². The number of para-hydroxylation sites is 1. The molecule has 0 radical (unpaired) electrons. The van der Waals surface area contributed by atoms with Gasteiger partial charge in [0.1, 0.15) is 6.33 Å². The van der Waals surface area contributed by atoms with Crippen LogP contribution in [0.25, 0.3) is 5.69 Å². The number of carbonyl (C=O) groups excluding carboxylic acids is 1. The molecule has 0 aliphatic carbocycles. The van der Waals surface area contributed by atoms with E-state index in [2.05, 4.69) is 16.7 Å². The van der Waals surface area contributed by atoms with Gasteiger partial charge in [0.05, 0.1) is 11.4 Å². The Bertz CT molecular complexity index is 639. The van der Waals surface area contributed by atoms with Gasteiger partial charge in [-0.05, 0) is 26.0 Å². The predicted molar refractivity (Wildman–Crippen MR) is 89.2 cm³/mol. The molecule has 116 valence electrons. The Kier molecular flexibility index (Phi) is 5.77. The van der Waals surface area contributed by atoms with Crippen molar-refractivity contribution in [2.24, 2.45) is 0 Å². The van der Waals surface area contributed by atoms with E-state index in [9.17, 15) is 4.79 Å². The van der Waals surface area contributed by atoms with E-state index in [1.54, 1.807) is 15.9 Å². The largest absolute Gasteiger partial charge is 0.338 e. The summed E-state index contributed by atoms with van der Waals surface area (Å²) in [7, 11) is 0. The molecule has 0 aliphatic heterocycles. The van der Waals surface area contributed by atoms with Crippen molar-refractivity contribution in [1.82, 2.24) is 19.7 Å². The highest BCUT2D eigenvalue weighted by Gasteiger charge is 2.13. The summed E-state index contributed by atoms with van der Waals surface area (Å²) in [5.41, 5.74) is 1.93. The second-order valence-electron chi connectivity index (χ2n) is 4.96. The van der Waals surface area contributed by atoms with Crippen LogP contribution in [0.1, 0.15) is 13.8 Å². The first kappa shape index (κ1) is 16.3. The zero-order chi connectivity index (χ0) is 15.9. The molecule has 0 aliphatic rings. The van der Waals surface area contributed by atoms with Gasteiger partial charge in [-0.3, -0.25) is 4.79 Å². The number of thioether (sulfide) groups is 1. The normalized spacial score (nSPS) is 10.5. The molecule has 0 bridgehead atoms. The second kappa shape index (κ2) is 7.79. The number of hydrogen-bond acceptors (Lipinski definition) is 4. The Morgan fingerprint density at radius 2 is 2.09 bits per heavy atom. The maximum absolute atomic E-state index is 12.2. The van der Waals surface area contributed by atoms with E-state index < -0.39 is 0 Å². The van der Waals surface area contributed by atoms with Crippen LogP contribution in [0.5, 0.6) is 0 Å². The van der Waals surface area contributed by atoms with Gasteiger partial charge in [-0.15, -0.1) is 5.10 Å². The molecule has 22 heavy (non-hydrogen) atoms. The quantitative estimate of drug-likeness (QED) is 0.582. The van der Waals surface area contributed by atoms with Crippen LogP contribution in [0.2, 0.25) is 0 Å². The van der Waals surface area contributed by atoms with Gasteiger partial charge in [-0.1, -0.05) is 42.1 Å². The zero-order valence-electron chi connectivity index (χ0n) is 12.9. The molecule has 1 aromatic heterocycles. The number of benzene rings is 1. The highest BCUT2D eigenvalue weighted by Crippen LogP contribution is 2.15. The molecule has 6 heteroatoms. The maximum Gasteiger partial charge on any atom is 0.233 e. The minimum atomic E-state index is 0.0755. The van der Waals surface area contributed by atoms with Gasteiger partial charge in [-0.2, -0.15) is 0 Å². The highest BCUT2D eigenvalue weighted by molar-refractivity contribution is 7.99. The molecule has 0 N–H and O–H groups in total. The van der Waals surface area contributed by atoms with Gasteiger partial charge in [0.15, 0.2) is 0 Å². The van der Waals surface area contributed by atoms with Crippen molar-refractivity contribution in [2.45, 2.75) is 19.0 Å². The first-order valence-corrected chi connectivity index (χ1v) is 8.10. The molecule has 0 spiro atoms. The van der Waals surface area contributed by atoms with Gasteiger partial charge >= 0.3 is 0 Å². The van der Waals surface area contributed by atoms with Gasteiger partial charge in [0, 0.05) is 13.1 Å². The van der Waals surface area contributed by atoms with Crippen LogP contribution in [0.4, 0.5) is 0 Å². The number of aromatic nitrogens is 3. The molecule has 0 saturated heterocycles. The minimum absolute atomic E-state index is 0.0755. The summed E-state index contributed by atoms with van der Waals surface area (Å²) in [4.78, 5) is 18.2. The topological polar surface area (TPSA) is 51.0 Å². The number of hydrogen-bond donors (Lipinski definition) is 0. The Labute approximate surface area is 135 Å². The Morgan fingerprint density at radius 3 is 2.73 bits per heavy atom.